The molecule has 130 valence electrons. The van der Waals surface area contributed by atoms with Crippen molar-refractivity contribution < 1.29 is 23.5 Å². The number of carbonyl (C=O) groups is 2. The summed E-state index contributed by atoms with van der Waals surface area (Å²) in [5.41, 5.74) is 0.649. The Morgan fingerprint density at radius 3 is 2.42 bits per heavy atom. The molecule has 0 N–H and O–H groups in total. The Kier molecular flexibility index (Phi) is 5.29. The van der Waals surface area contributed by atoms with Crippen molar-refractivity contribution in [3.63, 3.8) is 0 Å². The SMILES string of the molecule is COc1ccc(C(=O)Oc2ccccc2C(=O)/C=C/c2ccco2)cc1. The van der Waals surface area contributed by atoms with Crippen LogP contribution in [0.5, 0.6) is 11.5 Å². The number of methoxy groups -OCH3 is 1. The van der Waals surface area contributed by atoms with E-state index in [4.69, 9.17) is 13.9 Å². The highest BCUT2D eigenvalue weighted by atomic mass is 16.5. The number of carbonyl (C=O) groups excluding carboxylic acids is 2. The highest BCUT2D eigenvalue weighted by molar-refractivity contribution is 6.09. The standard InChI is InChI=1S/C21H16O5/c1-24-16-10-8-15(9-11-16)21(23)26-20-7-3-2-6-18(20)19(22)13-12-17-5-4-14-25-17/h2-14H,1H3/b13-12+. The van der Waals surface area contributed by atoms with Gasteiger partial charge in [-0.15, -0.1) is 0 Å². The molecule has 5 nitrogen and oxygen atoms in total. The largest absolute Gasteiger partial charge is 0.497 e. The Balaban J connectivity index is 1.77. The monoisotopic (exact) mass is 348 g/mol. The van der Waals surface area contributed by atoms with Crippen molar-refractivity contribution in [3.8, 4) is 11.5 Å². The first-order valence-electron chi connectivity index (χ1n) is 7.88. The first kappa shape index (κ1) is 17.2. The van der Waals surface area contributed by atoms with Crippen molar-refractivity contribution in [2.45, 2.75) is 0 Å². The summed E-state index contributed by atoms with van der Waals surface area (Å²) in [6.07, 6.45) is 4.46. The number of hydrogen-bond acceptors (Lipinski definition) is 5. The number of allylic oxidation sites excluding steroid dienone is 1. The quantitative estimate of drug-likeness (QED) is 0.286. The van der Waals surface area contributed by atoms with Crippen LogP contribution in [-0.4, -0.2) is 18.9 Å². The number of ether oxygens (including phenoxy) is 2. The molecule has 0 aliphatic rings. The molecular formula is C21H16O5. The summed E-state index contributed by atoms with van der Waals surface area (Å²) in [4.78, 5) is 24.8. The molecule has 0 radical (unpaired) electrons. The molecule has 1 aromatic heterocycles. The van der Waals surface area contributed by atoms with Gasteiger partial charge < -0.3 is 13.9 Å². The topological polar surface area (TPSA) is 65.7 Å². The van der Waals surface area contributed by atoms with Gasteiger partial charge in [-0.1, -0.05) is 12.1 Å². The maximum atomic E-state index is 12.4. The zero-order valence-corrected chi connectivity index (χ0v) is 14.0. The lowest BCUT2D eigenvalue weighted by atomic mass is 10.1. The van der Waals surface area contributed by atoms with E-state index in [-0.39, 0.29) is 17.1 Å². The highest BCUT2D eigenvalue weighted by Crippen LogP contribution is 2.21. The Morgan fingerprint density at radius 2 is 1.73 bits per heavy atom. The molecule has 0 spiro atoms. The minimum atomic E-state index is -0.553. The Labute approximate surface area is 150 Å². The first-order chi connectivity index (χ1) is 12.7. The summed E-state index contributed by atoms with van der Waals surface area (Å²) in [5, 5.41) is 0. The molecule has 0 aliphatic heterocycles. The van der Waals surface area contributed by atoms with E-state index < -0.39 is 5.97 Å². The second-order valence-electron chi connectivity index (χ2n) is 5.33. The summed E-state index contributed by atoms with van der Waals surface area (Å²) >= 11 is 0. The van der Waals surface area contributed by atoms with E-state index in [1.807, 2.05) is 0 Å². The highest BCUT2D eigenvalue weighted by Gasteiger charge is 2.15. The van der Waals surface area contributed by atoms with E-state index in [1.165, 1.54) is 12.3 Å². The van der Waals surface area contributed by atoms with E-state index in [1.54, 1.807) is 73.8 Å². The Bertz CT molecular complexity index is 921. The Morgan fingerprint density at radius 1 is 0.962 bits per heavy atom. The average Bonchev–Trinajstić information content (AvgIpc) is 3.20. The molecule has 5 heteroatoms. The molecule has 3 rings (SSSR count). The van der Waals surface area contributed by atoms with Crippen molar-refractivity contribution in [3.05, 3.63) is 89.9 Å². The molecule has 0 atom stereocenters. The van der Waals surface area contributed by atoms with Crippen molar-refractivity contribution in [2.24, 2.45) is 0 Å². The molecule has 0 amide bonds. The van der Waals surface area contributed by atoms with Gasteiger partial charge in [-0.3, -0.25) is 4.79 Å². The summed E-state index contributed by atoms with van der Waals surface area (Å²) in [5.74, 6) is 0.552. The third-order valence-corrected chi connectivity index (χ3v) is 3.62. The zero-order chi connectivity index (χ0) is 18.4. The molecule has 3 aromatic rings. The summed E-state index contributed by atoms with van der Waals surface area (Å²) < 4.78 is 15.6. The predicted molar refractivity (Wildman–Crippen MR) is 96.5 cm³/mol. The summed E-state index contributed by atoms with van der Waals surface area (Å²) in [7, 11) is 1.55. The molecule has 0 saturated carbocycles. The van der Waals surface area contributed by atoms with Crippen molar-refractivity contribution >= 4 is 17.8 Å². The van der Waals surface area contributed by atoms with Crippen LogP contribution < -0.4 is 9.47 Å². The van der Waals surface area contributed by atoms with Crippen LogP contribution in [0, 0.1) is 0 Å². The zero-order valence-electron chi connectivity index (χ0n) is 14.0. The number of para-hydroxylation sites is 1. The summed E-state index contributed by atoms with van der Waals surface area (Å²) in [6.45, 7) is 0. The van der Waals surface area contributed by atoms with E-state index in [9.17, 15) is 9.59 Å². The fourth-order valence-electron chi connectivity index (χ4n) is 2.28. The smallest absolute Gasteiger partial charge is 0.343 e. The maximum Gasteiger partial charge on any atom is 0.343 e. The second kappa shape index (κ2) is 7.98. The van der Waals surface area contributed by atoms with Crippen molar-refractivity contribution in [2.75, 3.05) is 7.11 Å². The van der Waals surface area contributed by atoms with Gasteiger partial charge >= 0.3 is 5.97 Å². The summed E-state index contributed by atoms with van der Waals surface area (Å²) in [6, 6.07) is 16.6. The predicted octanol–water partition coefficient (Wildman–Crippen LogP) is 4.40. The van der Waals surface area contributed by atoms with Crippen LogP contribution in [0.25, 0.3) is 6.08 Å². The van der Waals surface area contributed by atoms with Gasteiger partial charge in [-0.05, 0) is 60.7 Å². The molecule has 2 aromatic carbocycles. The average molecular weight is 348 g/mol. The first-order valence-corrected chi connectivity index (χ1v) is 7.88. The normalized spacial score (nSPS) is 10.7. The van der Waals surface area contributed by atoms with E-state index in [0.29, 0.717) is 17.1 Å². The van der Waals surface area contributed by atoms with E-state index in [2.05, 4.69) is 0 Å². The number of esters is 1. The van der Waals surface area contributed by atoms with Crippen molar-refractivity contribution in [1.82, 2.24) is 0 Å². The lowest BCUT2D eigenvalue weighted by Gasteiger charge is -2.08. The van der Waals surface area contributed by atoms with Gasteiger partial charge in [-0.2, -0.15) is 0 Å². The molecular weight excluding hydrogens is 332 g/mol. The number of rotatable bonds is 6. The van der Waals surface area contributed by atoms with Gasteiger partial charge in [-0.25, -0.2) is 4.79 Å². The molecule has 1 heterocycles. The number of ketones is 1. The van der Waals surface area contributed by atoms with Gasteiger partial charge in [0, 0.05) is 0 Å². The number of furan rings is 1. The molecule has 0 fully saturated rings. The van der Waals surface area contributed by atoms with Crippen LogP contribution in [0.4, 0.5) is 0 Å². The minimum Gasteiger partial charge on any atom is -0.497 e. The fourth-order valence-corrected chi connectivity index (χ4v) is 2.28. The van der Waals surface area contributed by atoms with E-state index >= 15 is 0 Å². The molecule has 0 saturated heterocycles. The van der Waals surface area contributed by atoms with Crippen LogP contribution in [-0.2, 0) is 0 Å². The molecule has 0 bridgehead atoms. The van der Waals surface area contributed by atoms with Crippen LogP contribution in [0.3, 0.4) is 0 Å². The third kappa shape index (κ3) is 4.08. The van der Waals surface area contributed by atoms with Crippen LogP contribution in [0.15, 0.2) is 77.4 Å². The molecule has 26 heavy (non-hydrogen) atoms. The lowest BCUT2D eigenvalue weighted by molar-refractivity contribution is 0.0733. The Hall–Kier alpha value is -3.60. The van der Waals surface area contributed by atoms with Crippen LogP contribution in [0.1, 0.15) is 26.5 Å². The van der Waals surface area contributed by atoms with Gasteiger partial charge in [0.1, 0.15) is 17.3 Å². The maximum absolute atomic E-state index is 12.4. The van der Waals surface area contributed by atoms with Crippen LogP contribution in [0.2, 0.25) is 0 Å². The fraction of sp³-hybridized carbons (Fsp3) is 0.0476. The lowest BCUT2D eigenvalue weighted by Crippen LogP contribution is -2.11. The second-order valence-corrected chi connectivity index (χ2v) is 5.33. The van der Waals surface area contributed by atoms with Gasteiger partial charge in [0.2, 0.25) is 0 Å². The molecule has 0 aliphatic carbocycles. The number of hydrogen-bond donors (Lipinski definition) is 0. The third-order valence-electron chi connectivity index (χ3n) is 3.62. The number of benzene rings is 2. The minimum absolute atomic E-state index is 0.197. The van der Waals surface area contributed by atoms with Crippen molar-refractivity contribution in [1.29, 1.82) is 0 Å². The van der Waals surface area contributed by atoms with Gasteiger partial charge in [0.15, 0.2) is 5.78 Å². The van der Waals surface area contributed by atoms with Gasteiger partial charge in [0.25, 0.3) is 0 Å². The van der Waals surface area contributed by atoms with E-state index in [0.717, 1.165) is 0 Å². The van der Waals surface area contributed by atoms with Crippen LogP contribution >= 0.6 is 0 Å². The van der Waals surface area contributed by atoms with Gasteiger partial charge in [0.05, 0.1) is 24.5 Å². The molecule has 0 unspecified atom stereocenters.